The molecule has 0 radical (unpaired) electrons. The van der Waals surface area contributed by atoms with Gasteiger partial charge in [0.05, 0.1) is 6.54 Å². The Morgan fingerprint density at radius 3 is 2.21 bits per heavy atom. The van der Waals surface area contributed by atoms with Crippen molar-refractivity contribution in [1.82, 2.24) is 5.06 Å². The predicted octanol–water partition coefficient (Wildman–Crippen LogP) is 3.89. The minimum atomic E-state index is -4.74. The zero-order valence-electron chi connectivity index (χ0n) is 14.6. The number of amides is 2. The van der Waals surface area contributed by atoms with E-state index < -0.39 is 30.3 Å². The van der Waals surface area contributed by atoms with E-state index in [1.807, 2.05) is 0 Å². The quantitative estimate of drug-likeness (QED) is 0.520. The largest absolute Gasteiger partial charge is 0.456 e. The zero-order valence-corrected chi connectivity index (χ0v) is 14.6. The molecule has 0 aliphatic carbocycles. The lowest BCUT2D eigenvalue weighted by Gasteiger charge is -2.16. The molecule has 0 fully saturated rings. The van der Waals surface area contributed by atoms with E-state index in [4.69, 9.17) is 5.73 Å². The molecule has 28 heavy (non-hydrogen) atoms. The highest BCUT2D eigenvalue weighted by molar-refractivity contribution is 6.01. The Kier molecular flexibility index (Phi) is 4.86. The molecular formula is C19H15F3N2O4. The van der Waals surface area contributed by atoms with Gasteiger partial charge in [-0.15, -0.1) is 0 Å². The van der Waals surface area contributed by atoms with Crippen LogP contribution in [0, 0.1) is 6.92 Å². The number of benzene rings is 2. The maximum Gasteiger partial charge on any atom is 0.449 e. The van der Waals surface area contributed by atoms with Crippen molar-refractivity contribution < 1.29 is 32.4 Å². The summed E-state index contributed by atoms with van der Waals surface area (Å²) < 4.78 is 43.6. The fraction of sp³-hybridized carbons (Fsp3) is 0.158. The first-order valence-corrected chi connectivity index (χ1v) is 8.07. The smallest absolute Gasteiger partial charge is 0.449 e. The molecule has 146 valence electrons. The number of primary amides is 1. The molecule has 0 bridgehead atoms. The summed E-state index contributed by atoms with van der Waals surface area (Å²) in [6.07, 6.45) is -4.74. The lowest BCUT2D eigenvalue weighted by Crippen LogP contribution is -2.27. The van der Waals surface area contributed by atoms with Gasteiger partial charge in [-0.3, -0.25) is 14.8 Å². The fourth-order valence-electron chi connectivity index (χ4n) is 2.84. The van der Waals surface area contributed by atoms with E-state index >= 15 is 0 Å². The van der Waals surface area contributed by atoms with Gasteiger partial charge in [0.15, 0.2) is 0 Å². The number of rotatable bonds is 4. The third-order valence-electron chi connectivity index (χ3n) is 4.12. The van der Waals surface area contributed by atoms with Crippen molar-refractivity contribution in [3.05, 3.63) is 70.7 Å². The third kappa shape index (κ3) is 3.84. The summed E-state index contributed by atoms with van der Waals surface area (Å²) in [5.74, 6) is -2.72. The second kappa shape index (κ2) is 7.01. The molecule has 3 aromatic rings. The van der Waals surface area contributed by atoms with Gasteiger partial charge in [0, 0.05) is 16.7 Å². The molecule has 2 amide bonds. The summed E-state index contributed by atoms with van der Waals surface area (Å²) in [5, 5.41) is 11.5. The normalized spacial score (nSPS) is 11.6. The van der Waals surface area contributed by atoms with E-state index in [2.05, 4.69) is 4.42 Å². The fourth-order valence-corrected chi connectivity index (χ4v) is 2.84. The van der Waals surface area contributed by atoms with Crippen molar-refractivity contribution in [2.75, 3.05) is 0 Å². The molecule has 1 heterocycles. The Hall–Kier alpha value is -3.33. The van der Waals surface area contributed by atoms with Gasteiger partial charge in [-0.2, -0.15) is 13.2 Å². The topological polar surface area (TPSA) is 96.8 Å². The predicted molar refractivity (Wildman–Crippen MR) is 92.6 cm³/mol. The van der Waals surface area contributed by atoms with Crippen LogP contribution in [0.15, 0.2) is 46.9 Å². The zero-order chi connectivity index (χ0) is 20.6. The van der Waals surface area contributed by atoms with Crippen molar-refractivity contribution in [1.29, 1.82) is 0 Å². The summed E-state index contributed by atoms with van der Waals surface area (Å²) in [6, 6.07) is 10.1. The van der Waals surface area contributed by atoms with E-state index in [9.17, 15) is 28.0 Å². The number of hydrogen-bond acceptors (Lipinski definition) is 4. The lowest BCUT2D eigenvalue weighted by atomic mass is 10.0. The van der Waals surface area contributed by atoms with E-state index in [0.29, 0.717) is 16.3 Å². The van der Waals surface area contributed by atoms with Crippen molar-refractivity contribution in [2.45, 2.75) is 19.6 Å². The highest BCUT2D eigenvalue weighted by Gasteiger charge is 2.38. The van der Waals surface area contributed by atoms with Gasteiger partial charge in [-0.25, -0.2) is 5.06 Å². The Balaban J connectivity index is 1.86. The highest BCUT2D eigenvalue weighted by atomic mass is 19.4. The number of carbonyl (C=O) groups is 2. The summed E-state index contributed by atoms with van der Waals surface area (Å²) in [5.41, 5.74) is 5.23. The summed E-state index contributed by atoms with van der Waals surface area (Å²) >= 11 is 0. The van der Waals surface area contributed by atoms with E-state index in [0.717, 1.165) is 6.07 Å². The average molecular weight is 392 g/mol. The summed E-state index contributed by atoms with van der Waals surface area (Å²) in [4.78, 5) is 23.6. The molecule has 6 nitrogen and oxygen atoms in total. The highest BCUT2D eigenvalue weighted by Crippen LogP contribution is 2.34. The number of carbonyl (C=O) groups excluding carboxylic acids is 2. The first-order valence-electron chi connectivity index (χ1n) is 8.07. The number of nitrogens with zero attached hydrogens (tertiary/aromatic N) is 1. The van der Waals surface area contributed by atoms with Crippen LogP contribution >= 0.6 is 0 Å². The van der Waals surface area contributed by atoms with Gasteiger partial charge < -0.3 is 10.2 Å². The number of nitrogens with two attached hydrogens (primary N) is 1. The molecular weight excluding hydrogens is 377 g/mol. The van der Waals surface area contributed by atoms with E-state index in [1.165, 1.54) is 25.1 Å². The molecule has 0 aliphatic heterocycles. The van der Waals surface area contributed by atoms with Crippen LogP contribution in [0.2, 0.25) is 0 Å². The molecule has 0 saturated heterocycles. The van der Waals surface area contributed by atoms with Crippen LogP contribution < -0.4 is 5.73 Å². The molecule has 2 aromatic carbocycles. The number of hydroxylamine groups is 2. The van der Waals surface area contributed by atoms with Crippen LogP contribution in [-0.2, 0) is 12.7 Å². The van der Waals surface area contributed by atoms with Gasteiger partial charge in [-0.05, 0) is 48.0 Å². The molecule has 0 atom stereocenters. The van der Waals surface area contributed by atoms with Crippen molar-refractivity contribution in [3.63, 3.8) is 0 Å². The Morgan fingerprint density at radius 1 is 1.07 bits per heavy atom. The van der Waals surface area contributed by atoms with Crippen LogP contribution in [0.1, 0.15) is 37.8 Å². The number of furan rings is 1. The van der Waals surface area contributed by atoms with Gasteiger partial charge >= 0.3 is 6.18 Å². The maximum absolute atomic E-state index is 13.0. The average Bonchev–Trinajstić information content (AvgIpc) is 3.00. The standard InChI is InChI=1S/C19H15F3N2O4/c1-10-6-15(16(28-10)19(20,21)22)9-24(27)18(26)14-5-3-11-7-13(17(23)25)4-2-12(11)8-14/h2-8,27H,9H2,1H3,(H2,23,25). The van der Waals surface area contributed by atoms with Crippen molar-refractivity contribution in [2.24, 2.45) is 5.73 Å². The monoisotopic (exact) mass is 392 g/mol. The van der Waals surface area contributed by atoms with Crippen LogP contribution in [-0.4, -0.2) is 22.1 Å². The minimum Gasteiger partial charge on any atom is -0.456 e. The molecule has 3 N–H and O–H groups in total. The number of aryl methyl sites for hydroxylation is 1. The van der Waals surface area contributed by atoms with Crippen molar-refractivity contribution >= 4 is 22.6 Å². The Morgan fingerprint density at radius 2 is 1.64 bits per heavy atom. The second-order valence-electron chi connectivity index (χ2n) is 6.21. The van der Waals surface area contributed by atoms with Crippen LogP contribution in [0.4, 0.5) is 13.2 Å². The number of fused-ring (bicyclic) bond motifs is 1. The molecule has 0 aliphatic rings. The number of halogens is 3. The first kappa shape index (κ1) is 19.4. The van der Waals surface area contributed by atoms with Gasteiger partial charge in [-0.1, -0.05) is 12.1 Å². The number of alkyl halides is 3. The molecule has 3 rings (SSSR count). The maximum atomic E-state index is 13.0. The Labute approximate surface area is 156 Å². The first-order chi connectivity index (χ1) is 13.1. The summed E-state index contributed by atoms with van der Waals surface area (Å²) in [6.45, 7) is 0.648. The van der Waals surface area contributed by atoms with Crippen molar-refractivity contribution in [3.8, 4) is 0 Å². The second-order valence-corrected chi connectivity index (χ2v) is 6.21. The van der Waals surface area contributed by atoms with Gasteiger partial charge in [0.2, 0.25) is 11.7 Å². The van der Waals surface area contributed by atoms with Crippen LogP contribution in [0.3, 0.4) is 0 Å². The molecule has 0 spiro atoms. The van der Waals surface area contributed by atoms with Gasteiger partial charge in [0.25, 0.3) is 5.91 Å². The summed E-state index contributed by atoms with van der Waals surface area (Å²) in [7, 11) is 0. The Bertz CT molecular complexity index is 1070. The molecule has 9 heteroatoms. The SMILES string of the molecule is Cc1cc(CN(O)C(=O)c2ccc3cc(C(N)=O)ccc3c2)c(C(F)(F)F)o1. The lowest BCUT2D eigenvalue weighted by molar-refractivity contribution is -0.155. The molecule has 0 unspecified atom stereocenters. The molecule has 0 saturated carbocycles. The van der Waals surface area contributed by atoms with E-state index in [-0.39, 0.29) is 22.0 Å². The molecule has 1 aromatic heterocycles. The van der Waals surface area contributed by atoms with Gasteiger partial charge in [0.1, 0.15) is 5.76 Å². The minimum absolute atomic E-state index is 0.0131. The number of hydrogen-bond donors (Lipinski definition) is 2. The van der Waals surface area contributed by atoms with E-state index in [1.54, 1.807) is 18.2 Å². The van der Waals surface area contributed by atoms with Crippen LogP contribution in [0.5, 0.6) is 0 Å². The third-order valence-corrected chi connectivity index (χ3v) is 4.12. The van der Waals surface area contributed by atoms with Crippen LogP contribution in [0.25, 0.3) is 10.8 Å².